The molecule has 0 spiro atoms. The van der Waals surface area contributed by atoms with Gasteiger partial charge in [-0.1, -0.05) is 32.4 Å². The van der Waals surface area contributed by atoms with Gasteiger partial charge in [-0.05, 0) is 43.3 Å². The number of fused-ring (bicyclic) bond motifs is 1. The zero-order valence-electron chi connectivity index (χ0n) is 21.9. The normalized spacial score (nSPS) is 19.6. The number of nitrogens with zero attached hydrogens (tertiary/aromatic N) is 4. The van der Waals surface area contributed by atoms with Crippen LogP contribution >= 0.6 is 11.6 Å². The average molecular weight is 527 g/mol. The maximum atomic E-state index is 12.0. The van der Waals surface area contributed by atoms with E-state index in [-0.39, 0.29) is 17.1 Å². The second kappa shape index (κ2) is 9.58. The summed E-state index contributed by atoms with van der Waals surface area (Å²) in [5.74, 6) is 0. The van der Waals surface area contributed by atoms with Gasteiger partial charge in [0.1, 0.15) is 5.15 Å². The Morgan fingerprint density at radius 2 is 1.88 bits per heavy atom. The quantitative estimate of drug-likeness (QED) is 0.363. The molecular formula is C24H39ClN4O3SSi. The molecular weight excluding hydrogens is 488 g/mol. The lowest BCUT2D eigenvalue weighted by Crippen LogP contribution is -2.65. The van der Waals surface area contributed by atoms with Crippen LogP contribution in [0.1, 0.15) is 27.7 Å². The van der Waals surface area contributed by atoms with Gasteiger partial charge in [0, 0.05) is 61.6 Å². The summed E-state index contributed by atoms with van der Waals surface area (Å²) in [4.78, 5) is 8.78. The molecule has 0 amide bonds. The van der Waals surface area contributed by atoms with Crippen molar-refractivity contribution in [1.82, 2.24) is 9.29 Å². The van der Waals surface area contributed by atoms with Crippen LogP contribution in [-0.2, 0) is 14.4 Å². The maximum absolute atomic E-state index is 12.0. The van der Waals surface area contributed by atoms with E-state index in [1.807, 2.05) is 12.3 Å². The summed E-state index contributed by atoms with van der Waals surface area (Å²) in [6.07, 6.45) is 3.07. The molecule has 3 rings (SSSR count). The van der Waals surface area contributed by atoms with Crippen molar-refractivity contribution in [1.29, 1.82) is 0 Å². The third kappa shape index (κ3) is 5.38. The topological polar surface area (TPSA) is 66.0 Å². The number of sulfonamides is 1. The molecule has 1 aliphatic heterocycles. The monoisotopic (exact) mass is 526 g/mol. The summed E-state index contributed by atoms with van der Waals surface area (Å²) < 4.78 is 31.8. The SMILES string of the molecule is C[C@@H]1[C@@H](N(C)S(C)(=O)=O)CN1c1ccc(N(C)CCO[Si](C)(C)C(C)(C)C)c2cc(Cl)ncc12. The summed E-state index contributed by atoms with van der Waals surface area (Å²) in [6.45, 7) is 15.4. The molecule has 2 aromatic rings. The van der Waals surface area contributed by atoms with Gasteiger partial charge in [-0.25, -0.2) is 13.4 Å². The molecule has 1 aromatic heterocycles. The van der Waals surface area contributed by atoms with E-state index in [1.165, 1.54) is 10.6 Å². The minimum atomic E-state index is -3.24. The van der Waals surface area contributed by atoms with E-state index in [0.717, 1.165) is 28.7 Å². The Bertz CT molecular complexity index is 1150. The number of halogens is 1. The van der Waals surface area contributed by atoms with Gasteiger partial charge in [-0.15, -0.1) is 0 Å². The number of benzene rings is 1. The van der Waals surface area contributed by atoms with Crippen molar-refractivity contribution >= 4 is 52.1 Å². The Balaban J connectivity index is 1.84. The lowest BCUT2D eigenvalue weighted by atomic mass is 9.95. The van der Waals surface area contributed by atoms with Crippen LogP contribution in [-0.4, -0.2) is 78.2 Å². The molecule has 34 heavy (non-hydrogen) atoms. The molecule has 10 heteroatoms. The van der Waals surface area contributed by atoms with Crippen molar-refractivity contribution in [3.8, 4) is 0 Å². The first-order valence-electron chi connectivity index (χ1n) is 11.7. The molecule has 0 radical (unpaired) electrons. The van der Waals surface area contributed by atoms with Gasteiger partial charge in [-0.3, -0.25) is 0 Å². The van der Waals surface area contributed by atoms with Crippen molar-refractivity contribution in [2.75, 3.05) is 49.8 Å². The van der Waals surface area contributed by atoms with E-state index in [1.54, 1.807) is 7.05 Å². The summed E-state index contributed by atoms with van der Waals surface area (Å²) >= 11 is 6.30. The second-order valence-electron chi connectivity index (χ2n) is 10.9. The molecule has 2 atom stereocenters. The lowest BCUT2D eigenvalue weighted by Gasteiger charge is -2.51. The highest BCUT2D eigenvalue weighted by Gasteiger charge is 2.42. The number of pyridine rings is 1. The Labute approximate surface area is 211 Å². The van der Waals surface area contributed by atoms with E-state index in [2.05, 4.69) is 74.8 Å². The highest BCUT2D eigenvalue weighted by atomic mass is 35.5. The molecule has 0 saturated carbocycles. The Morgan fingerprint density at radius 3 is 2.44 bits per heavy atom. The van der Waals surface area contributed by atoms with Crippen LogP contribution in [0, 0.1) is 0 Å². The number of anilines is 2. The van der Waals surface area contributed by atoms with Crippen LogP contribution in [0.2, 0.25) is 23.3 Å². The number of aromatic nitrogens is 1. The fourth-order valence-electron chi connectivity index (χ4n) is 4.11. The van der Waals surface area contributed by atoms with Crippen LogP contribution in [0.3, 0.4) is 0 Å². The summed E-state index contributed by atoms with van der Waals surface area (Å²) in [7, 11) is -1.32. The molecule has 190 valence electrons. The van der Waals surface area contributed by atoms with Gasteiger partial charge < -0.3 is 14.2 Å². The molecule has 0 unspecified atom stereocenters. The van der Waals surface area contributed by atoms with Crippen molar-refractivity contribution in [3.05, 3.63) is 29.5 Å². The third-order valence-corrected chi connectivity index (χ3v) is 13.7. The minimum Gasteiger partial charge on any atom is -0.415 e. The zero-order chi connectivity index (χ0) is 25.6. The van der Waals surface area contributed by atoms with Gasteiger partial charge in [0.2, 0.25) is 10.0 Å². The van der Waals surface area contributed by atoms with E-state index in [0.29, 0.717) is 18.3 Å². The van der Waals surface area contributed by atoms with Crippen LogP contribution in [0.5, 0.6) is 0 Å². The Kier molecular flexibility index (Phi) is 7.66. The van der Waals surface area contributed by atoms with E-state index in [4.69, 9.17) is 16.0 Å². The molecule has 0 N–H and O–H groups in total. The fraction of sp³-hybridized carbons (Fsp3) is 0.625. The largest absolute Gasteiger partial charge is 0.415 e. The average Bonchev–Trinajstić information content (AvgIpc) is 2.70. The molecule has 0 bridgehead atoms. The van der Waals surface area contributed by atoms with Crippen molar-refractivity contribution in [2.24, 2.45) is 0 Å². The molecule has 1 aromatic carbocycles. The van der Waals surface area contributed by atoms with Crippen LogP contribution in [0.25, 0.3) is 10.8 Å². The predicted molar refractivity (Wildman–Crippen MR) is 146 cm³/mol. The van der Waals surface area contributed by atoms with Gasteiger partial charge in [0.05, 0.1) is 18.9 Å². The fourth-order valence-corrected chi connectivity index (χ4v) is 6.04. The van der Waals surface area contributed by atoms with Crippen molar-refractivity contribution < 1.29 is 12.8 Å². The van der Waals surface area contributed by atoms with Crippen LogP contribution < -0.4 is 9.80 Å². The number of hydrogen-bond acceptors (Lipinski definition) is 6. The smallest absolute Gasteiger partial charge is 0.211 e. The van der Waals surface area contributed by atoms with Gasteiger partial charge >= 0.3 is 0 Å². The molecule has 0 aliphatic carbocycles. The van der Waals surface area contributed by atoms with E-state index >= 15 is 0 Å². The lowest BCUT2D eigenvalue weighted by molar-refractivity contribution is 0.251. The third-order valence-electron chi connectivity index (χ3n) is 7.66. The first-order valence-corrected chi connectivity index (χ1v) is 16.8. The summed E-state index contributed by atoms with van der Waals surface area (Å²) in [5, 5.41) is 2.66. The molecule has 1 aliphatic rings. The maximum Gasteiger partial charge on any atom is 0.211 e. The standard InChI is InChI=1S/C24H39ClN4O3SSi/c1-17-22(28(6)33(7,30)31)16-29(17)21-11-10-20(18-14-23(25)26-15-19(18)21)27(5)12-13-32-34(8,9)24(2,3)4/h10-11,14-15,17,22H,12-13,16H2,1-9H3/t17-,22+/m1/s1. The van der Waals surface area contributed by atoms with Gasteiger partial charge in [0.15, 0.2) is 8.32 Å². The Hall–Kier alpha value is -1.39. The zero-order valence-corrected chi connectivity index (χ0v) is 24.5. The molecule has 7 nitrogen and oxygen atoms in total. The second-order valence-corrected chi connectivity index (χ2v) is 18.2. The molecule has 1 saturated heterocycles. The highest BCUT2D eigenvalue weighted by molar-refractivity contribution is 7.88. The van der Waals surface area contributed by atoms with E-state index in [9.17, 15) is 8.42 Å². The number of rotatable bonds is 8. The van der Waals surface area contributed by atoms with Gasteiger partial charge in [-0.2, -0.15) is 4.31 Å². The number of likely N-dealkylation sites (N-methyl/N-ethyl adjacent to an activating group) is 2. The van der Waals surface area contributed by atoms with Crippen molar-refractivity contribution in [2.45, 2.75) is 57.9 Å². The molecule has 1 fully saturated rings. The summed E-state index contributed by atoms with van der Waals surface area (Å²) in [5.41, 5.74) is 2.11. The van der Waals surface area contributed by atoms with Gasteiger partial charge in [0.25, 0.3) is 0 Å². The minimum absolute atomic E-state index is 0.0554. The highest BCUT2D eigenvalue weighted by Crippen LogP contribution is 2.40. The Morgan fingerprint density at radius 1 is 1.24 bits per heavy atom. The predicted octanol–water partition coefficient (Wildman–Crippen LogP) is 4.81. The number of hydrogen-bond donors (Lipinski definition) is 0. The van der Waals surface area contributed by atoms with Crippen LogP contribution in [0.15, 0.2) is 24.4 Å². The first kappa shape index (κ1) is 27.2. The summed E-state index contributed by atoms with van der Waals surface area (Å²) in [6, 6.07) is 6.12. The van der Waals surface area contributed by atoms with Crippen molar-refractivity contribution in [3.63, 3.8) is 0 Å². The van der Waals surface area contributed by atoms with E-state index < -0.39 is 18.3 Å². The van der Waals surface area contributed by atoms with Crippen LogP contribution in [0.4, 0.5) is 11.4 Å². The molecule has 2 heterocycles. The first-order chi connectivity index (χ1) is 15.5.